The van der Waals surface area contributed by atoms with Gasteiger partial charge in [0, 0.05) is 12.7 Å². The fourth-order valence-corrected chi connectivity index (χ4v) is 2.65. The molecule has 0 fully saturated rings. The zero-order chi connectivity index (χ0) is 21.8. The third-order valence-electron chi connectivity index (χ3n) is 4.08. The first-order valence-corrected chi connectivity index (χ1v) is 8.97. The highest BCUT2D eigenvalue weighted by molar-refractivity contribution is 5.81. The van der Waals surface area contributed by atoms with Crippen LogP contribution >= 0.6 is 0 Å². The lowest BCUT2D eigenvalue weighted by atomic mass is 10.2. The van der Waals surface area contributed by atoms with E-state index in [-0.39, 0.29) is 30.3 Å². The Balaban J connectivity index is 1.50. The molecule has 0 spiro atoms. The Labute approximate surface area is 174 Å². The smallest absolute Gasteiger partial charge is 0.416 e. The number of alkyl halides is 3. The second-order valence-corrected chi connectivity index (χ2v) is 6.24. The number of aromatic nitrogens is 3. The van der Waals surface area contributed by atoms with Crippen molar-refractivity contribution in [1.29, 1.82) is 0 Å². The number of hydrazone groups is 1. The number of ether oxygens (including phenoxy) is 2. The summed E-state index contributed by atoms with van der Waals surface area (Å²) in [6.07, 6.45) is -2.92. The van der Waals surface area contributed by atoms with E-state index < -0.39 is 11.7 Å². The second-order valence-electron chi connectivity index (χ2n) is 6.24. The predicted molar refractivity (Wildman–Crippen MR) is 108 cm³/mol. The van der Waals surface area contributed by atoms with Gasteiger partial charge >= 0.3 is 6.18 Å². The largest absolute Gasteiger partial charge is 0.454 e. The lowest BCUT2D eigenvalue weighted by Crippen LogP contribution is -2.08. The molecule has 0 saturated heterocycles. The molecule has 0 radical (unpaired) electrons. The summed E-state index contributed by atoms with van der Waals surface area (Å²) < 4.78 is 49.3. The highest BCUT2D eigenvalue weighted by atomic mass is 19.4. The zero-order valence-corrected chi connectivity index (χ0v) is 16.1. The van der Waals surface area contributed by atoms with Gasteiger partial charge in [-0.15, -0.1) is 0 Å². The van der Waals surface area contributed by atoms with Crippen molar-refractivity contribution in [2.45, 2.75) is 6.18 Å². The topological polar surface area (TPSA) is 106 Å². The fourth-order valence-electron chi connectivity index (χ4n) is 2.65. The van der Waals surface area contributed by atoms with Gasteiger partial charge in [-0.25, -0.2) is 5.43 Å². The Bertz CT molecular complexity index is 1120. The summed E-state index contributed by atoms with van der Waals surface area (Å²) in [5, 5.41) is 9.58. The summed E-state index contributed by atoms with van der Waals surface area (Å²) in [7, 11) is 1.60. The number of nitrogens with one attached hydrogen (secondary N) is 3. The van der Waals surface area contributed by atoms with Gasteiger partial charge in [-0.05, 0) is 42.0 Å². The summed E-state index contributed by atoms with van der Waals surface area (Å²) in [4.78, 5) is 12.3. The monoisotopic (exact) mass is 431 g/mol. The van der Waals surface area contributed by atoms with Gasteiger partial charge in [0.2, 0.25) is 24.6 Å². The van der Waals surface area contributed by atoms with Crippen molar-refractivity contribution >= 4 is 29.7 Å². The molecule has 1 aliphatic heterocycles. The van der Waals surface area contributed by atoms with Gasteiger partial charge < -0.3 is 20.1 Å². The fraction of sp³-hybridized carbons (Fsp3) is 0.158. The molecule has 4 rings (SSSR count). The first-order chi connectivity index (χ1) is 14.9. The van der Waals surface area contributed by atoms with Gasteiger partial charge in [0.05, 0.1) is 11.8 Å². The van der Waals surface area contributed by atoms with Crippen LogP contribution in [0, 0.1) is 0 Å². The van der Waals surface area contributed by atoms with E-state index in [1.54, 1.807) is 25.2 Å². The van der Waals surface area contributed by atoms with Gasteiger partial charge in [0.1, 0.15) is 0 Å². The molecule has 0 aliphatic carbocycles. The molecule has 31 heavy (non-hydrogen) atoms. The number of nitrogens with zero attached hydrogens (tertiary/aromatic N) is 4. The number of fused-ring (bicyclic) bond motifs is 1. The normalized spacial score (nSPS) is 12.8. The Morgan fingerprint density at radius 2 is 1.74 bits per heavy atom. The maximum absolute atomic E-state index is 12.9. The van der Waals surface area contributed by atoms with Crippen molar-refractivity contribution in [1.82, 2.24) is 15.0 Å². The van der Waals surface area contributed by atoms with Crippen LogP contribution in [-0.4, -0.2) is 35.0 Å². The third kappa shape index (κ3) is 4.91. The maximum Gasteiger partial charge on any atom is 0.416 e. The molecule has 0 saturated carbocycles. The number of halogens is 3. The summed E-state index contributed by atoms with van der Waals surface area (Å²) in [6.45, 7) is 0.174. The van der Waals surface area contributed by atoms with Gasteiger partial charge in [0.15, 0.2) is 11.5 Å². The van der Waals surface area contributed by atoms with Crippen molar-refractivity contribution in [3.05, 3.63) is 53.6 Å². The molecule has 0 unspecified atom stereocenters. The first-order valence-electron chi connectivity index (χ1n) is 8.97. The van der Waals surface area contributed by atoms with Crippen LogP contribution in [0.2, 0.25) is 0 Å². The van der Waals surface area contributed by atoms with Crippen LogP contribution in [0.5, 0.6) is 11.5 Å². The molecule has 12 heteroatoms. The molecule has 2 heterocycles. The molecule has 160 valence electrons. The van der Waals surface area contributed by atoms with Crippen molar-refractivity contribution in [2.75, 3.05) is 29.9 Å². The SMILES string of the molecule is CNc1nc(NN=Cc2ccc3c(c2)OCO3)nc(Nc2cccc(C(F)(F)F)c2)n1. The molecule has 3 N–H and O–H groups in total. The van der Waals surface area contributed by atoms with Gasteiger partial charge in [0.25, 0.3) is 0 Å². The van der Waals surface area contributed by atoms with E-state index in [2.05, 4.69) is 36.1 Å². The van der Waals surface area contributed by atoms with Crippen molar-refractivity contribution < 1.29 is 22.6 Å². The van der Waals surface area contributed by atoms with Gasteiger partial charge in [-0.2, -0.15) is 33.2 Å². The maximum atomic E-state index is 12.9. The van der Waals surface area contributed by atoms with E-state index >= 15 is 0 Å². The van der Waals surface area contributed by atoms with Crippen LogP contribution in [0.4, 0.5) is 36.7 Å². The minimum absolute atomic E-state index is 0.0412. The summed E-state index contributed by atoms with van der Waals surface area (Å²) in [5.41, 5.74) is 2.82. The van der Waals surface area contributed by atoms with Crippen molar-refractivity contribution in [3.8, 4) is 11.5 Å². The molecule has 0 bridgehead atoms. The quantitative estimate of drug-likeness (QED) is 0.399. The summed E-state index contributed by atoms with van der Waals surface area (Å²) in [5.74, 6) is 1.61. The van der Waals surface area contributed by atoms with Crippen LogP contribution in [0.3, 0.4) is 0 Å². The molecular formula is C19H16F3N7O2. The molecule has 1 aliphatic rings. The molecule has 0 atom stereocenters. The summed E-state index contributed by atoms with van der Waals surface area (Å²) >= 11 is 0. The Morgan fingerprint density at radius 3 is 2.55 bits per heavy atom. The highest BCUT2D eigenvalue weighted by Crippen LogP contribution is 2.32. The Morgan fingerprint density at radius 1 is 0.968 bits per heavy atom. The molecule has 0 amide bonds. The number of anilines is 4. The molecule has 3 aromatic rings. The average molecular weight is 431 g/mol. The number of benzene rings is 2. The van der Waals surface area contributed by atoms with E-state index in [4.69, 9.17) is 9.47 Å². The van der Waals surface area contributed by atoms with Crippen LogP contribution in [0.25, 0.3) is 0 Å². The Hall–Kier alpha value is -4.09. The lowest BCUT2D eigenvalue weighted by molar-refractivity contribution is -0.137. The van der Waals surface area contributed by atoms with Gasteiger partial charge in [-0.3, -0.25) is 0 Å². The standard InChI is InChI=1S/C19H16F3N7O2/c1-23-16-26-17(25-13-4-2-3-12(8-13)19(20,21)22)28-18(27-16)29-24-9-11-5-6-14-15(7-11)31-10-30-14/h2-9H,10H2,1H3,(H3,23,25,26,27,28,29). The average Bonchev–Trinajstić information content (AvgIpc) is 3.21. The van der Waals surface area contributed by atoms with E-state index in [0.29, 0.717) is 11.5 Å². The van der Waals surface area contributed by atoms with Crippen molar-refractivity contribution in [3.63, 3.8) is 0 Å². The first kappa shape index (κ1) is 20.2. The van der Waals surface area contributed by atoms with Gasteiger partial charge in [-0.1, -0.05) is 6.07 Å². The molecular weight excluding hydrogens is 415 g/mol. The summed E-state index contributed by atoms with van der Waals surface area (Å²) in [6, 6.07) is 10.0. The van der Waals surface area contributed by atoms with Crippen LogP contribution in [-0.2, 0) is 6.18 Å². The van der Waals surface area contributed by atoms with E-state index in [0.717, 1.165) is 17.7 Å². The number of hydrogen-bond acceptors (Lipinski definition) is 9. The van der Waals surface area contributed by atoms with Crippen LogP contribution < -0.4 is 25.5 Å². The van der Waals surface area contributed by atoms with Crippen LogP contribution in [0.1, 0.15) is 11.1 Å². The van der Waals surface area contributed by atoms with Crippen molar-refractivity contribution in [2.24, 2.45) is 5.10 Å². The molecule has 9 nitrogen and oxygen atoms in total. The lowest BCUT2D eigenvalue weighted by Gasteiger charge is -2.11. The molecule has 2 aromatic carbocycles. The number of rotatable bonds is 6. The predicted octanol–water partition coefficient (Wildman–Crippen LogP) is 3.85. The minimum Gasteiger partial charge on any atom is -0.454 e. The van der Waals surface area contributed by atoms with Crippen LogP contribution in [0.15, 0.2) is 47.6 Å². The minimum atomic E-state index is -4.46. The molecule has 1 aromatic heterocycles. The third-order valence-corrected chi connectivity index (χ3v) is 4.08. The van der Waals surface area contributed by atoms with E-state index in [1.165, 1.54) is 18.3 Å². The van der Waals surface area contributed by atoms with E-state index in [1.807, 2.05) is 0 Å². The highest BCUT2D eigenvalue weighted by Gasteiger charge is 2.30. The second kappa shape index (κ2) is 8.34. The Kier molecular flexibility index (Phi) is 5.43. The van der Waals surface area contributed by atoms with E-state index in [9.17, 15) is 13.2 Å². The number of hydrogen-bond donors (Lipinski definition) is 3. The zero-order valence-electron chi connectivity index (χ0n) is 16.1.